The summed E-state index contributed by atoms with van der Waals surface area (Å²) in [6.07, 6.45) is 0. The van der Waals surface area contributed by atoms with Gasteiger partial charge in [0.05, 0.1) is 11.1 Å². The minimum atomic E-state index is -1.67. The number of benzene rings is 2. The van der Waals surface area contributed by atoms with E-state index >= 15 is 0 Å². The van der Waals surface area contributed by atoms with Crippen LogP contribution in [0.4, 0.5) is 13.2 Å². The summed E-state index contributed by atoms with van der Waals surface area (Å²) in [5, 5.41) is 0. The summed E-state index contributed by atoms with van der Waals surface area (Å²) in [5.41, 5.74) is -0.00610. The van der Waals surface area contributed by atoms with Gasteiger partial charge >= 0.3 is 0 Å². The minimum Gasteiger partial charge on any atom is -0.335 e. The van der Waals surface area contributed by atoms with Crippen LogP contribution in [0.1, 0.15) is 20.7 Å². The zero-order valence-electron chi connectivity index (χ0n) is 13.5. The lowest BCUT2D eigenvalue weighted by Gasteiger charge is -2.35. The van der Waals surface area contributed by atoms with Crippen molar-refractivity contribution in [2.45, 2.75) is 0 Å². The molecule has 0 saturated carbocycles. The number of carbonyl (C=O) groups excluding carboxylic acids is 2. The number of hydrogen-bond donors (Lipinski definition) is 0. The third kappa shape index (κ3) is 3.46. The maximum Gasteiger partial charge on any atom is 0.257 e. The molecule has 0 N–H and O–H groups in total. The lowest BCUT2D eigenvalue weighted by Crippen LogP contribution is -2.50. The van der Waals surface area contributed by atoms with Crippen LogP contribution >= 0.6 is 15.9 Å². The Labute approximate surface area is 156 Å². The molecule has 0 aliphatic carbocycles. The molecule has 0 aromatic heterocycles. The maximum atomic E-state index is 13.8. The minimum absolute atomic E-state index is 0.174. The molecule has 0 bridgehead atoms. The van der Waals surface area contributed by atoms with Crippen molar-refractivity contribution in [1.82, 2.24) is 9.80 Å². The van der Waals surface area contributed by atoms with Gasteiger partial charge in [-0.05, 0) is 40.2 Å². The smallest absolute Gasteiger partial charge is 0.257 e. The van der Waals surface area contributed by atoms with Crippen LogP contribution in [-0.4, -0.2) is 47.8 Å². The number of hydrogen-bond acceptors (Lipinski definition) is 2. The fourth-order valence-electron chi connectivity index (χ4n) is 2.78. The molecular weight excluding hydrogens is 413 g/mol. The molecule has 2 aromatic carbocycles. The van der Waals surface area contributed by atoms with Crippen LogP contribution in [0, 0.1) is 17.5 Å². The topological polar surface area (TPSA) is 40.6 Å². The Morgan fingerprint density at radius 3 is 1.88 bits per heavy atom. The molecule has 1 aliphatic rings. The zero-order valence-corrected chi connectivity index (χ0v) is 15.1. The van der Waals surface area contributed by atoms with E-state index in [0.29, 0.717) is 10.0 Å². The predicted octanol–water partition coefficient (Wildman–Crippen LogP) is 3.46. The van der Waals surface area contributed by atoms with Crippen molar-refractivity contribution < 1.29 is 22.8 Å². The third-order valence-electron chi connectivity index (χ3n) is 4.22. The average Bonchev–Trinajstić information content (AvgIpc) is 2.66. The maximum absolute atomic E-state index is 13.8. The monoisotopic (exact) mass is 426 g/mol. The van der Waals surface area contributed by atoms with Crippen molar-refractivity contribution in [3.63, 3.8) is 0 Å². The van der Waals surface area contributed by atoms with E-state index in [4.69, 9.17) is 0 Å². The van der Waals surface area contributed by atoms with Crippen molar-refractivity contribution >= 4 is 27.7 Å². The zero-order chi connectivity index (χ0) is 18.8. The van der Waals surface area contributed by atoms with Crippen molar-refractivity contribution in [3.8, 4) is 0 Å². The van der Waals surface area contributed by atoms with Crippen LogP contribution < -0.4 is 0 Å². The molecule has 26 heavy (non-hydrogen) atoms. The summed E-state index contributed by atoms with van der Waals surface area (Å²) < 4.78 is 40.8. The van der Waals surface area contributed by atoms with Crippen LogP contribution in [0.5, 0.6) is 0 Å². The molecule has 4 nitrogen and oxygen atoms in total. The van der Waals surface area contributed by atoms with Gasteiger partial charge in [-0.2, -0.15) is 0 Å². The van der Waals surface area contributed by atoms with Gasteiger partial charge < -0.3 is 9.80 Å². The molecule has 2 aromatic rings. The molecule has 1 saturated heterocycles. The normalized spacial score (nSPS) is 14.5. The highest BCUT2D eigenvalue weighted by Crippen LogP contribution is 2.20. The summed E-state index contributed by atoms with van der Waals surface area (Å²) in [6, 6.07) is 8.66. The first-order chi connectivity index (χ1) is 12.4. The summed E-state index contributed by atoms with van der Waals surface area (Å²) in [7, 11) is 0. The Morgan fingerprint density at radius 1 is 0.769 bits per heavy atom. The van der Waals surface area contributed by atoms with E-state index in [1.165, 1.54) is 4.90 Å². The predicted molar refractivity (Wildman–Crippen MR) is 92.3 cm³/mol. The fourth-order valence-corrected chi connectivity index (χ4v) is 3.23. The highest BCUT2D eigenvalue weighted by Gasteiger charge is 2.28. The van der Waals surface area contributed by atoms with Crippen molar-refractivity contribution in [3.05, 3.63) is 69.4 Å². The number of nitrogens with zero attached hydrogens (tertiary/aromatic N) is 2. The van der Waals surface area contributed by atoms with E-state index in [1.54, 1.807) is 29.2 Å². The van der Waals surface area contributed by atoms with E-state index in [1.807, 2.05) is 0 Å². The Balaban J connectivity index is 1.69. The fraction of sp³-hybridized carbons (Fsp3) is 0.222. The first kappa shape index (κ1) is 18.4. The molecule has 8 heteroatoms. The lowest BCUT2D eigenvalue weighted by atomic mass is 10.1. The SMILES string of the molecule is O=C(c1ccccc1Br)N1CCN(C(=O)c2ccc(F)c(F)c2F)CC1. The molecule has 2 amide bonds. The Bertz CT molecular complexity index is 868. The van der Waals surface area contributed by atoms with Crippen LogP contribution in [0.2, 0.25) is 0 Å². The highest BCUT2D eigenvalue weighted by molar-refractivity contribution is 9.10. The van der Waals surface area contributed by atoms with Gasteiger partial charge in [-0.1, -0.05) is 12.1 Å². The van der Waals surface area contributed by atoms with Crippen LogP contribution in [0.15, 0.2) is 40.9 Å². The third-order valence-corrected chi connectivity index (χ3v) is 4.92. The summed E-state index contributed by atoms with van der Waals surface area (Å²) in [5.74, 6) is -5.42. The van der Waals surface area contributed by atoms with E-state index in [9.17, 15) is 22.8 Å². The molecule has 0 spiro atoms. The molecular formula is C18H14BrF3N2O2. The standard InChI is InChI=1S/C18H14BrF3N2O2/c19-13-4-2-1-3-11(13)17(25)23-7-9-24(10-8-23)18(26)12-5-6-14(20)16(22)15(12)21/h1-6H,7-10H2. The van der Waals surface area contributed by atoms with Crippen LogP contribution in [0.25, 0.3) is 0 Å². The van der Waals surface area contributed by atoms with Gasteiger partial charge in [0, 0.05) is 30.7 Å². The van der Waals surface area contributed by atoms with E-state index < -0.39 is 28.9 Å². The number of piperazine rings is 1. The van der Waals surface area contributed by atoms with Crippen LogP contribution in [0.3, 0.4) is 0 Å². The van der Waals surface area contributed by atoms with Crippen molar-refractivity contribution in [2.75, 3.05) is 26.2 Å². The highest BCUT2D eigenvalue weighted by atomic mass is 79.9. The van der Waals surface area contributed by atoms with Gasteiger partial charge in [0.25, 0.3) is 11.8 Å². The average molecular weight is 427 g/mol. The molecule has 1 aliphatic heterocycles. The second kappa shape index (κ2) is 7.49. The first-order valence-electron chi connectivity index (χ1n) is 7.86. The second-order valence-electron chi connectivity index (χ2n) is 5.79. The van der Waals surface area contributed by atoms with Crippen LogP contribution in [-0.2, 0) is 0 Å². The summed E-state index contributed by atoms with van der Waals surface area (Å²) in [4.78, 5) is 27.8. The van der Waals surface area contributed by atoms with E-state index in [2.05, 4.69) is 15.9 Å². The van der Waals surface area contributed by atoms with Gasteiger partial charge in [0.2, 0.25) is 0 Å². The molecule has 0 atom stereocenters. The van der Waals surface area contributed by atoms with Gasteiger partial charge in [-0.3, -0.25) is 9.59 Å². The lowest BCUT2D eigenvalue weighted by molar-refractivity contribution is 0.0531. The number of rotatable bonds is 2. The Kier molecular flexibility index (Phi) is 5.31. The molecule has 136 valence electrons. The largest absolute Gasteiger partial charge is 0.335 e. The quantitative estimate of drug-likeness (QED) is 0.689. The molecule has 0 unspecified atom stereocenters. The summed E-state index contributed by atoms with van der Waals surface area (Å²) >= 11 is 3.33. The first-order valence-corrected chi connectivity index (χ1v) is 8.66. The number of amides is 2. The Hall–Kier alpha value is -2.35. The molecule has 1 heterocycles. The Morgan fingerprint density at radius 2 is 1.31 bits per heavy atom. The molecule has 1 fully saturated rings. The number of carbonyl (C=O) groups is 2. The molecule has 3 rings (SSSR count). The van der Waals surface area contributed by atoms with E-state index in [-0.39, 0.29) is 32.1 Å². The number of halogens is 4. The summed E-state index contributed by atoms with van der Waals surface area (Å²) in [6.45, 7) is 0.870. The second-order valence-corrected chi connectivity index (χ2v) is 6.64. The van der Waals surface area contributed by atoms with Crippen molar-refractivity contribution in [1.29, 1.82) is 0 Å². The molecule has 0 radical (unpaired) electrons. The van der Waals surface area contributed by atoms with Crippen molar-refractivity contribution in [2.24, 2.45) is 0 Å². The van der Waals surface area contributed by atoms with Gasteiger partial charge in [0.1, 0.15) is 0 Å². The van der Waals surface area contributed by atoms with Gasteiger partial charge in [0.15, 0.2) is 17.5 Å². The van der Waals surface area contributed by atoms with Gasteiger partial charge in [-0.15, -0.1) is 0 Å². The van der Waals surface area contributed by atoms with E-state index in [0.717, 1.165) is 12.1 Å². The van der Waals surface area contributed by atoms with Gasteiger partial charge in [-0.25, -0.2) is 13.2 Å².